The van der Waals surface area contributed by atoms with Gasteiger partial charge >= 0.3 is 7.82 Å². The lowest BCUT2D eigenvalue weighted by atomic mass is 10.2. The van der Waals surface area contributed by atoms with Crippen molar-refractivity contribution in [2.24, 2.45) is 0 Å². The Morgan fingerprint density at radius 3 is 2.17 bits per heavy atom. The number of unbranched alkanes of at least 4 members (excludes halogenated alkanes) is 2. The first-order valence-corrected chi connectivity index (χ1v) is 6.59. The first-order valence-electron chi connectivity index (χ1n) is 12.6. The van der Waals surface area contributed by atoms with Crippen molar-refractivity contribution in [3.63, 3.8) is 0 Å². The van der Waals surface area contributed by atoms with Crippen LogP contribution in [0.5, 0.6) is 0 Å². The van der Waals surface area contributed by atoms with Gasteiger partial charge in [0, 0.05) is 16.4 Å². The summed E-state index contributed by atoms with van der Waals surface area (Å²) in [6.07, 6.45) is -11.3. The highest BCUT2D eigenvalue weighted by molar-refractivity contribution is 7.48. The average molecular weight is 297 g/mol. The predicted molar refractivity (Wildman–Crippen MR) is 71.3 cm³/mol. The molecular formula is C12H27O5P. The molecule has 6 heteroatoms. The van der Waals surface area contributed by atoms with Crippen LogP contribution < -0.4 is 0 Å². The Morgan fingerprint density at radius 2 is 1.72 bits per heavy atom. The fourth-order valence-electron chi connectivity index (χ4n) is 0.980. The highest BCUT2D eigenvalue weighted by Crippen LogP contribution is 2.52. The molecule has 110 valence electrons. The van der Waals surface area contributed by atoms with Gasteiger partial charge < -0.3 is 5.11 Å². The van der Waals surface area contributed by atoms with Crippen LogP contribution in [0, 0.1) is 0 Å². The quantitative estimate of drug-likeness (QED) is 0.377. The zero-order valence-corrected chi connectivity index (χ0v) is 10.8. The van der Waals surface area contributed by atoms with Gasteiger partial charge in [0.15, 0.2) is 6.27 Å². The lowest BCUT2D eigenvalue weighted by Gasteiger charge is -2.24. The van der Waals surface area contributed by atoms with E-state index in [0.29, 0.717) is 12.8 Å². The molecule has 5 nitrogen and oxygen atoms in total. The Balaban J connectivity index is 6.73. The van der Waals surface area contributed by atoms with Crippen molar-refractivity contribution in [1.29, 1.82) is 0 Å². The molecule has 0 heterocycles. The smallest absolute Gasteiger partial charge is 0.367 e. The van der Waals surface area contributed by atoms with E-state index in [0.717, 1.165) is 0 Å². The van der Waals surface area contributed by atoms with Crippen LogP contribution in [-0.4, -0.2) is 23.5 Å². The second-order valence-electron chi connectivity index (χ2n) is 3.23. The van der Waals surface area contributed by atoms with Gasteiger partial charge in [0.1, 0.15) is 0 Å². The molecule has 0 aliphatic carbocycles. The summed E-state index contributed by atoms with van der Waals surface area (Å²) in [7, 11) is -6.27. The van der Waals surface area contributed by atoms with E-state index in [1.807, 2.05) is 0 Å². The molecule has 0 saturated heterocycles. The van der Waals surface area contributed by atoms with E-state index in [2.05, 4.69) is 13.6 Å². The number of phosphoric acid groups is 1. The molecule has 0 bridgehead atoms. The van der Waals surface area contributed by atoms with Gasteiger partial charge in [-0.25, -0.2) is 4.57 Å². The summed E-state index contributed by atoms with van der Waals surface area (Å²) in [4.78, 5) is 0. The second kappa shape index (κ2) is 9.05. The van der Waals surface area contributed by atoms with E-state index in [-0.39, 0.29) is 6.42 Å². The molecular weight excluding hydrogens is 255 g/mol. The maximum atomic E-state index is 13.3. The summed E-state index contributed by atoms with van der Waals surface area (Å²) < 4.78 is 138. The van der Waals surface area contributed by atoms with Crippen molar-refractivity contribution < 1.29 is 43.8 Å². The maximum Gasteiger partial charge on any atom is 0.477 e. The average Bonchev–Trinajstić information content (AvgIpc) is 2.49. The van der Waals surface area contributed by atoms with Crippen molar-refractivity contribution in [3.05, 3.63) is 0 Å². The molecule has 0 aromatic carbocycles. The minimum atomic E-state index is -6.27. The summed E-state index contributed by atoms with van der Waals surface area (Å²) in [6, 6.07) is 0. The molecule has 1 N–H and O–H groups in total. The minimum absolute atomic E-state index is 0.0334. The van der Waals surface area contributed by atoms with Gasteiger partial charge in [0.25, 0.3) is 0 Å². The molecule has 0 fully saturated rings. The maximum absolute atomic E-state index is 13.3. The second-order valence-corrected chi connectivity index (χ2v) is 4.67. The lowest BCUT2D eigenvalue weighted by molar-refractivity contribution is -0.0616. The van der Waals surface area contributed by atoms with E-state index in [1.54, 1.807) is 6.92 Å². The molecule has 0 saturated carbocycles. The number of hydrogen-bond donors (Lipinski definition) is 1. The molecule has 0 unspecified atom stereocenters. The largest absolute Gasteiger partial charge is 0.477 e. The Hall–Kier alpha value is 0.0700. The number of hydrogen-bond acceptors (Lipinski definition) is 5. The Morgan fingerprint density at radius 1 is 1.17 bits per heavy atom. The minimum Gasteiger partial charge on any atom is -0.367 e. The summed E-state index contributed by atoms with van der Waals surface area (Å²) >= 11 is 0. The van der Waals surface area contributed by atoms with Crippen LogP contribution in [0.15, 0.2) is 0 Å². The molecule has 0 aliphatic heterocycles. The van der Waals surface area contributed by atoms with Crippen molar-refractivity contribution in [1.82, 2.24) is 0 Å². The van der Waals surface area contributed by atoms with Crippen LogP contribution in [0.1, 0.15) is 80.6 Å². The molecule has 0 rings (SSSR count). The lowest BCUT2D eigenvalue weighted by Crippen LogP contribution is -2.16. The van der Waals surface area contributed by atoms with Gasteiger partial charge in [-0.1, -0.05) is 19.8 Å². The SMILES string of the molecule is [2H]C([2H])([2H])C([2H])(OP(=O)(OC([2H])(C([2H])([2H])[2H])C([2H])([2H])[2H])O[C@@]([2H])(O)CCCCC)C([2H])([2H])[2H]. The van der Waals surface area contributed by atoms with Crippen LogP contribution in [0.25, 0.3) is 0 Å². The summed E-state index contributed by atoms with van der Waals surface area (Å²) in [5.41, 5.74) is 0. The first-order chi connectivity index (χ1) is 14.2. The zero-order valence-electron chi connectivity index (χ0n) is 24.9. The Bertz CT molecular complexity index is 623. The van der Waals surface area contributed by atoms with Crippen molar-refractivity contribution >= 4 is 7.82 Å². The number of aliphatic hydroxyl groups is 1. The Kier molecular flexibility index (Phi) is 2.57. The fraction of sp³-hybridized carbons (Fsp3) is 1.00. The standard InChI is InChI=1S/C12H27O5P/c1-6-7-8-9-12(13)17-18(14,15-10(2)3)16-11(4)5/h10-13H,6-9H2,1-5H3/t12-/m1/s1/i2D3,3D3,4D3,5D3,10D,11D,12D. The number of rotatable bonds is 10. The van der Waals surface area contributed by atoms with E-state index < -0.39 is 60.1 Å². The van der Waals surface area contributed by atoms with Crippen LogP contribution in [0.3, 0.4) is 0 Å². The highest BCUT2D eigenvalue weighted by atomic mass is 31.2. The molecule has 0 radical (unpaired) electrons. The monoisotopic (exact) mass is 297 g/mol. The summed E-state index contributed by atoms with van der Waals surface area (Å²) in [5, 5.41) is 10.1. The van der Waals surface area contributed by atoms with E-state index in [9.17, 15) is 9.67 Å². The van der Waals surface area contributed by atoms with Gasteiger partial charge in [-0.3, -0.25) is 13.6 Å². The Labute approximate surface area is 132 Å². The molecule has 1 atom stereocenters. The first kappa shape index (κ1) is 5.12. The van der Waals surface area contributed by atoms with Crippen LogP contribution in [0.4, 0.5) is 0 Å². The van der Waals surface area contributed by atoms with Gasteiger partial charge in [-0.05, 0) is 40.2 Å². The van der Waals surface area contributed by atoms with Crippen LogP contribution in [0.2, 0.25) is 0 Å². The van der Waals surface area contributed by atoms with Crippen molar-refractivity contribution in [3.8, 4) is 0 Å². The van der Waals surface area contributed by atoms with Crippen molar-refractivity contribution in [2.45, 2.75) is 78.4 Å². The third kappa shape index (κ3) is 9.06. The van der Waals surface area contributed by atoms with Gasteiger partial charge in [-0.2, -0.15) is 0 Å². The normalized spacial score (nSPS) is 32.4. The third-order valence-corrected chi connectivity index (χ3v) is 2.86. The highest BCUT2D eigenvalue weighted by Gasteiger charge is 2.32. The molecule has 0 amide bonds. The molecule has 18 heavy (non-hydrogen) atoms. The van der Waals surface area contributed by atoms with Gasteiger partial charge in [0.2, 0.25) is 0 Å². The summed E-state index contributed by atoms with van der Waals surface area (Å²) in [5.74, 6) is 0. The molecule has 0 spiro atoms. The van der Waals surface area contributed by atoms with Crippen molar-refractivity contribution in [2.75, 3.05) is 0 Å². The topological polar surface area (TPSA) is 65.0 Å². The molecule has 0 aromatic rings. The van der Waals surface area contributed by atoms with E-state index in [1.165, 1.54) is 0 Å². The van der Waals surface area contributed by atoms with Gasteiger partial charge in [0.05, 0.1) is 16.3 Å². The predicted octanol–water partition coefficient (Wildman–Crippen LogP) is 3.86. The molecule has 0 aliphatic rings. The van der Waals surface area contributed by atoms with E-state index in [4.69, 9.17) is 20.6 Å². The summed E-state index contributed by atoms with van der Waals surface area (Å²) in [6.45, 7) is -14.0. The number of phosphoric ester groups is 1. The van der Waals surface area contributed by atoms with E-state index >= 15 is 0 Å². The fourth-order valence-corrected chi connectivity index (χ4v) is 1.89. The van der Waals surface area contributed by atoms with Crippen LogP contribution in [-0.2, 0) is 18.1 Å². The molecule has 0 aromatic heterocycles. The third-order valence-electron chi connectivity index (χ3n) is 1.62. The van der Waals surface area contributed by atoms with Crippen LogP contribution >= 0.6 is 7.82 Å². The zero-order chi connectivity index (χ0) is 26.9. The van der Waals surface area contributed by atoms with Gasteiger partial charge in [-0.15, -0.1) is 0 Å².